The topological polar surface area (TPSA) is 26.3 Å². The largest absolute Gasteiger partial charge is 0.463 e. The van der Waals surface area contributed by atoms with E-state index >= 15 is 0 Å². The number of hydrogen-bond donors (Lipinski definition) is 0. The Balaban J connectivity index is 2.51. The van der Waals surface area contributed by atoms with Gasteiger partial charge in [0.05, 0.1) is 6.10 Å². The lowest BCUT2D eigenvalue weighted by atomic mass is 10.3. The van der Waals surface area contributed by atoms with Gasteiger partial charge in [0.2, 0.25) is 0 Å². The van der Waals surface area contributed by atoms with Crippen LogP contribution in [0.1, 0.15) is 21.1 Å². The normalized spacial score (nSPS) is 43.0. The van der Waals surface area contributed by atoms with Crippen LogP contribution in [0.2, 0.25) is 0 Å². The van der Waals surface area contributed by atoms with Crippen molar-refractivity contribution in [3.05, 3.63) is 0 Å². The summed E-state index contributed by atoms with van der Waals surface area (Å²) < 4.78 is 11.6. The second-order valence-electron chi connectivity index (χ2n) is 1.69. The first-order valence-corrected chi connectivity index (χ1v) is 2.33. The average molecular weight is 101 g/mol. The van der Waals surface area contributed by atoms with E-state index < -0.39 is 6.40 Å². The Labute approximate surface area is 43.9 Å². The molecule has 1 heterocycles. The summed E-state index contributed by atoms with van der Waals surface area (Å²) in [4.78, 5) is 10.4. The molecule has 1 rings (SSSR count). The van der Waals surface area contributed by atoms with Crippen molar-refractivity contribution in [3.63, 3.8) is 0 Å². The maximum atomic E-state index is 10.4. The molecule has 0 spiro atoms. The molecule has 2 atom stereocenters. The lowest BCUT2D eigenvalue weighted by Gasteiger charge is -1.95. The SMILES string of the molecule is [2H]C1CC(C)OC1=O. The lowest BCUT2D eigenvalue weighted by molar-refractivity contribution is -0.140. The van der Waals surface area contributed by atoms with Gasteiger partial charge in [-0.2, -0.15) is 0 Å². The molecule has 2 unspecified atom stereocenters. The standard InChI is InChI=1S/C5H8O2/c1-4-2-3-5(6)7-4/h4H,2-3H2,1H3/i3D. The van der Waals surface area contributed by atoms with Crippen molar-refractivity contribution in [2.45, 2.75) is 25.8 Å². The highest BCUT2D eigenvalue weighted by molar-refractivity contribution is 5.71. The molecule has 40 valence electrons. The van der Waals surface area contributed by atoms with Gasteiger partial charge in [-0.3, -0.25) is 4.79 Å². The molecule has 0 bridgehead atoms. The minimum atomic E-state index is -0.620. The summed E-state index contributed by atoms with van der Waals surface area (Å²) in [6, 6.07) is 0. The minimum Gasteiger partial charge on any atom is -0.463 e. The number of carbonyl (C=O) groups excluding carboxylic acids is 1. The fraction of sp³-hybridized carbons (Fsp3) is 0.800. The maximum absolute atomic E-state index is 10.4. The Kier molecular flexibility index (Phi) is 0.755. The molecule has 0 amide bonds. The van der Waals surface area contributed by atoms with Crippen molar-refractivity contribution < 1.29 is 10.9 Å². The van der Waals surface area contributed by atoms with Crippen molar-refractivity contribution in [1.82, 2.24) is 0 Å². The third-order valence-electron chi connectivity index (χ3n) is 0.934. The molecule has 2 nitrogen and oxygen atoms in total. The molecule has 0 aromatic rings. The molecular weight excluding hydrogens is 92.1 g/mol. The summed E-state index contributed by atoms with van der Waals surface area (Å²) in [7, 11) is 0. The lowest BCUT2D eigenvalue weighted by Crippen LogP contribution is -1.98. The molecule has 1 saturated heterocycles. The number of hydrogen-bond acceptors (Lipinski definition) is 2. The average Bonchev–Trinajstić information content (AvgIpc) is 1.85. The van der Waals surface area contributed by atoms with Gasteiger partial charge in [-0.15, -0.1) is 0 Å². The Morgan fingerprint density at radius 3 is 3.00 bits per heavy atom. The van der Waals surface area contributed by atoms with Gasteiger partial charge in [0, 0.05) is 7.77 Å². The Morgan fingerprint density at radius 1 is 2.14 bits per heavy atom. The highest BCUT2D eigenvalue weighted by Gasteiger charge is 2.17. The van der Waals surface area contributed by atoms with E-state index in [9.17, 15) is 4.79 Å². The quantitative estimate of drug-likeness (QED) is 0.420. The number of esters is 1. The molecule has 7 heavy (non-hydrogen) atoms. The molecule has 0 aliphatic carbocycles. The van der Waals surface area contributed by atoms with Crippen molar-refractivity contribution in [2.75, 3.05) is 0 Å². The minimum absolute atomic E-state index is 0.0370. The zero-order valence-corrected chi connectivity index (χ0v) is 4.18. The zero-order valence-electron chi connectivity index (χ0n) is 5.18. The van der Waals surface area contributed by atoms with Crippen LogP contribution < -0.4 is 0 Å². The smallest absolute Gasteiger partial charge is 0.306 e. The van der Waals surface area contributed by atoms with E-state index in [1.807, 2.05) is 0 Å². The molecule has 0 saturated carbocycles. The van der Waals surface area contributed by atoms with E-state index in [4.69, 9.17) is 1.37 Å². The van der Waals surface area contributed by atoms with E-state index in [-0.39, 0.29) is 12.1 Å². The van der Waals surface area contributed by atoms with Crippen LogP contribution in [0.3, 0.4) is 0 Å². The van der Waals surface area contributed by atoms with Gasteiger partial charge in [0.15, 0.2) is 0 Å². The first kappa shape index (κ1) is 3.47. The molecule has 1 aliphatic rings. The van der Waals surface area contributed by atoms with Crippen LogP contribution in [-0.2, 0) is 9.53 Å². The highest BCUT2D eigenvalue weighted by atomic mass is 16.5. The van der Waals surface area contributed by atoms with Crippen molar-refractivity contribution in [3.8, 4) is 0 Å². The van der Waals surface area contributed by atoms with E-state index in [1.165, 1.54) is 0 Å². The van der Waals surface area contributed by atoms with Gasteiger partial charge in [-0.1, -0.05) is 0 Å². The predicted octanol–water partition coefficient (Wildman–Crippen LogP) is 0.712. The Morgan fingerprint density at radius 2 is 2.86 bits per heavy atom. The van der Waals surface area contributed by atoms with E-state index in [2.05, 4.69) is 4.74 Å². The van der Waals surface area contributed by atoms with Gasteiger partial charge >= 0.3 is 5.97 Å². The van der Waals surface area contributed by atoms with Crippen molar-refractivity contribution >= 4 is 5.97 Å². The van der Waals surface area contributed by atoms with Crippen LogP contribution in [0, 0.1) is 0 Å². The number of rotatable bonds is 0. The van der Waals surface area contributed by atoms with Gasteiger partial charge in [-0.25, -0.2) is 0 Å². The summed E-state index contributed by atoms with van der Waals surface area (Å²) in [5.41, 5.74) is 0. The summed E-state index contributed by atoms with van der Waals surface area (Å²) in [5, 5.41) is 0. The summed E-state index contributed by atoms with van der Waals surface area (Å²) in [5.74, 6) is -0.377. The maximum Gasteiger partial charge on any atom is 0.306 e. The second-order valence-corrected chi connectivity index (χ2v) is 1.69. The molecule has 0 N–H and O–H groups in total. The summed E-state index contributed by atoms with van der Waals surface area (Å²) >= 11 is 0. The second kappa shape index (κ2) is 1.52. The number of cyclic esters (lactones) is 1. The van der Waals surface area contributed by atoms with Crippen LogP contribution in [0.25, 0.3) is 0 Å². The van der Waals surface area contributed by atoms with Gasteiger partial charge in [0.25, 0.3) is 0 Å². The van der Waals surface area contributed by atoms with E-state index in [0.717, 1.165) is 0 Å². The molecule has 0 radical (unpaired) electrons. The number of carbonyl (C=O) groups is 1. The summed E-state index contributed by atoms with van der Waals surface area (Å²) in [6.45, 7) is 1.80. The molecule has 2 heteroatoms. The third-order valence-corrected chi connectivity index (χ3v) is 0.934. The Hall–Kier alpha value is -0.530. The zero-order chi connectivity index (χ0) is 6.15. The number of ether oxygens (including phenoxy) is 1. The predicted molar refractivity (Wildman–Crippen MR) is 24.8 cm³/mol. The third kappa shape index (κ3) is 0.918. The molecule has 1 fully saturated rings. The van der Waals surface area contributed by atoms with E-state index in [1.54, 1.807) is 6.92 Å². The van der Waals surface area contributed by atoms with Crippen LogP contribution in [0.4, 0.5) is 0 Å². The van der Waals surface area contributed by atoms with Crippen molar-refractivity contribution in [2.24, 2.45) is 0 Å². The van der Waals surface area contributed by atoms with Gasteiger partial charge < -0.3 is 4.74 Å². The van der Waals surface area contributed by atoms with E-state index in [0.29, 0.717) is 6.42 Å². The molecule has 0 aromatic carbocycles. The molecule has 0 aromatic heterocycles. The van der Waals surface area contributed by atoms with Gasteiger partial charge in [0.1, 0.15) is 0 Å². The Bertz CT molecular complexity index is 113. The first-order valence-electron chi connectivity index (χ1n) is 2.90. The molecular formula is C5H8O2. The van der Waals surface area contributed by atoms with Crippen LogP contribution >= 0.6 is 0 Å². The fourth-order valence-corrected chi connectivity index (χ4v) is 0.557. The molecule has 1 aliphatic heterocycles. The van der Waals surface area contributed by atoms with Gasteiger partial charge in [-0.05, 0) is 13.3 Å². The van der Waals surface area contributed by atoms with Crippen LogP contribution in [-0.4, -0.2) is 12.1 Å². The highest BCUT2D eigenvalue weighted by Crippen LogP contribution is 2.11. The summed E-state index contributed by atoms with van der Waals surface area (Å²) in [6.07, 6.45) is -0.103. The monoisotopic (exact) mass is 101 g/mol. The fourth-order valence-electron chi connectivity index (χ4n) is 0.557. The first-order chi connectivity index (χ1) is 3.70. The van der Waals surface area contributed by atoms with Crippen LogP contribution in [0.5, 0.6) is 0 Å². The van der Waals surface area contributed by atoms with Crippen molar-refractivity contribution in [1.29, 1.82) is 0 Å². The van der Waals surface area contributed by atoms with Crippen LogP contribution in [0.15, 0.2) is 0 Å².